The van der Waals surface area contributed by atoms with Gasteiger partial charge in [0.2, 0.25) is 0 Å². The highest BCUT2D eigenvalue weighted by Crippen LogP contribution is 2.29. The number of carbonyl (C=O) groups excluding carboxylic acids is 1. The van der Waals surface area contributed by atoms with Crippen molar-refractivity contribution in [3.05, 3.63) is 23.2 Å². The van der Waals surface area contributed by atoms with Crippen molar-refractivity contribution in [3.63, 3.8) is 0 Å². The van der Waals surface area contributed by atoms with Crippen molar-refractivity contribution >= 4 is 37.2 Å². The SMILES string of the molecule is CCC(Oc1ccc(S(=O)(=O)Cl)cc1Cl)C(N)=O. The van der Waals surface area contributed by atoms with Gasteiger partial charge in [-0.25, -0.2) is 8.42 Å². The van der Waals surface area contributed by atoms with Crippen LogP contribution in [0, 0.1) is 0 Å². The zero-order chi connectivity index (χ0) is 13.9. The van der Waals surface area contributed by atoms with Gasteiger partial charge in [0.1, 0.15) is 5.75 Å². The lowest BCUT2D eigenvalue weighted by Gasteiger charge is -2.15. The summed E-state index contributed by atoms with van der Waals surface area (Å²) in [7, 11) is 1.31. The molecule has 8 heteroatoms. The first kappa shape index (κ1) is 15.1. The number of nitrogens with two attached hydrogens (primary N) is 1. The first-order valence-electron chi connectivity index (χ1n) is 4.96. The summed E-state index contributed by atoms with van der Waals surface area (Å²) in [6, 6.07) is 3.70. The molecule has 100 valence electrons. The van der Waals surface area contributed by atoms with Crippen LogP contribution in [0.25, 0.3) is 0 Å². The van der Waals surface area contributed by atoms with E-state index in [9.17, 15) is 13.2 Å². The van der Waals surface area contributed by atoms with Gasteiger partial charge < -0.3 is 10.5 Å². The number of hydrogen-bond acceptors (Lipinski definition) is 4. The molecular weight excluding hydrogens is 301 g/mol. The summed E-state index contributed by atoms with van der Waals surface area (Å²) in [6.07, 6.45) is -0.442. The average molecular weight is 312 g/mol. The molecule has 0 heterocycles. The number of halogens is 2. The fraction of sp³-hybridized carbons (Fsp3) is 0.300. The van der Waals surface area contributed by atoms with Gasteiger partial charge >= 0.3 is 0 Å². The van der Waals surface area contributed by atoms with Crippen LogP contribution < -0.4 is 10.5 Å². The molecule has 1 atom stereocenters. The second-order valence-corrected chi connectivity index (χ2v) is 6.42. The summed E-state index contributed by atoms with van der Waals surface area (Å²) < 4.78 is 27.4. The summed E-state index contributed by atoms with van der Waals surface area (Å²) in [6.45, 7) is 1.72. The van der Waals surface area contributed by atoms with Gasteiger partial charge in [0.05, 0.1) is 9.92 Å². The number of hydrogen-bond donors (Lipinski definition) is 1. The molecule has 0 aliphatic carbocycles. The van der Waals surface area contributed by atoms with Gasteiger partial charge in [0.15, 0.2) is 6.10 Å². The van der Waals surface area contributed by atoms with Crippen LogP contribution >= 0.6 is 22.3 Å². The van der Waals surface area contributed by atoms with Crippen molar-refractivity contribution in [3.8, 4) is 5.75 Å². The molecule has 1 aromatic rings. The second kappa shape index (κ2) is 5.77. The van der Waals surface area contributed by atoms with E-state index in [1.807, 2.05) is 0 Å². The maximum atomic E-state index is 11.1. The van der Waals surface area contributed by atoms with E-state index in [-0.39, 0.29) is 15.7 Å². The maximum absolute atomic E-state index is 11.1. The first-order chi connectivity index (χ1) is 8.25. The van der Waals surface area contributed by atoms with Crippen LogP contribution in [0.15, 0.2) is 23.1 Å². The van der Waals surface area contributed by atoms with E-state index < -0.39 is 21.1 Å². The van der Waals surface area contributed by atoms with E-state index in [0.717, 1.165) is 6.07 Å². The summed E-state index contributed by atoms with van der Waals surface area (Å²) in [5.41, 5.74) is 5.12. The second-order valence-electron chi connectivity index (χ2n) is 3.45. The minimum atomic E-state index is -3.85. The summed E-state index contributed by atoms with van der Waals surface area (Å²) in [4.78, 5) is 10.9. The topological polar surface area (TPSA) is 86.5 Å². The minimum Gasteiger partial charge on any atom is -0.479 e. The van der Waals surface area contributed by atoms with Crippen LogP contribution in [0.4, 0.5) is 0 Å². The van der Waals surface area contributed by atoms with Crippen molar-refractivity contribution in [1.82, 2.24) is 0 Å². The number of amides is 1. The van der Waals surface area contributed by atoms with Gasteiger partial charge in [-0.05, 0) is 24.6 Å². The number of benzene rings is 1. The molecule has 1 aromatic carbocycles. The lowest BCUT2D eigenvalue weighted by Crippen LogP contribution is -2.33. The summed E-state index contributed by atoms with van der Waals surface area (Å²) in [5.74, 6) is -0.450. The Bertz CT molecular complexity index is 559. The lowest BCUT2D eigenvalue weighted by atomic mass is 10.2. The maximum Gasteiger partial charge on any atom is 0.261 e. The van der Waals surface area contributed by atoms with Crippen molar-refractivity contribution in [1.29, 1.82) is 0 Å². The average Bonchev–Trinajstić information content (AvgIpc) is 2.25. The molecule has 0 radical (unpaired) electrons. The predicted molar refractivity (Wildman–Crippen MR) is 68.4 cm³/mol. The van der Waals surface area contributed by atoms with Gasteiger partial charge in [-0.1, -0.05) is 18.5 Å². The Morgan fingerprint density at radius 2 is 2.11 bits per heavy atom. The van der Waals surface area contributed by atoms with E-state index in [1.54, 1.807) is 6.92 Å². The smallest absolute Gasteiger partial charge is 0.261 e. The zero-order valence-corrected chi connectivity index (χ0v) is 11.7. The standard InChI is InChI=1S/C10H11Cl2NO4S/c1-2-8(10(13)14)17-9-4-3-6(5-7(9)11)18(12,15)16/h3-5,8H,2H2,1H3,(H2,13,14). The molecule has 1 rings (SSSR count). The normalized spacial score (nSPS) is 13.1. The third kappa shape index (κ3) is 3.76. The highest BCUT2D eigenvalue weighted by molar-refractivity contribution is 8.13. The number of primary amides is 1. The molecule has 0 fully saturated rings. The van der Waals surface area contributed by atoms with E-state index in [2.05, 4.69) is 0 Å². The molecular formula is C10H11Cl2NO4S. The molecule has 18 heavy (non-hydrogen) atoms. The first-order valence-corrected chi connectivity index (χ1v) is 7.64. The quantitative estimate of drug-likeness (QED) is 0.841. The lowest BCUT2D eigenvalue weighted by molar-refractivity contribution is -0.124. The fourth-order valence-electron chi connectivity index (χ4n) is 1.22. The minimum absolute atomic E-state index is 0.0384. The van der Waals surface area contributed by atoms with Gasteiger partial charge in [0, 0.05) is 10.7 Å². The Hall–Kier alpha value is -0.980. The molecule has 0 saturated heterocycles. The Morgan fingerprint density at radius 1 is 1.50 bits per heavy atom. The van der Waals surface area contributed by atoms with Crippen molar-refractivity contribution in [2.75, 3.05) is 0 Å². The molecule has 5 nitrogen and oxygen atoms in total. The van der Waals surface area contributed by atoms with Crippen molar-refractivity contribution in [2.24, 2.45) is 5.73 Å². The number of ether oxygens (including phenoxy) is 1. The Balaban J connectivity index is 3.03. The molecule has 0 aromatic heterocycles. The third-order valence-corrected chi connectivity index (χ3v) is 3.79. The van der Waals surface area contributed by atoms with Crippen LogP contribution in [-0.2, 0) is 13.8 Å². The highest BCUT2D eigenvalue weighted by atomic mass is 35.7. The summed E-state index contributed by atoms with van der Waals surface area (Å²) >= 11 is 5.84. The van der Waals surface area contributed by atoms with Crippen LogP contribution in [0.2, 0.25) is 5.02 Å². The van der Waals surface area contributed by atoms with Crippen molar-refractivity contribution in [2.45, 2.75) is 24.3 Å². The van der Waals surface area contributed by atoms with E-state index in [0.29, 0.717) is 6.42 Å². The highest BCUT2D eigenvalue weighted by Gasteiger charge is 2.18. The van der Waals surface area contributed by atoms with Gasteiger partial charge in [-0.3, -0.25) is 4.79 Å². The van der Waals surface area contributed by atoms with Crippen LogP contribution in [0.3, 0.4) is 0 Å². The van der Waals surface area contributed by atoms with Crippen molar-refractivity contribution < 1.29 is 17.9 Å². The third-order valence-electron chi connectivity index (χ3n) is 2.14. The monoisotopic (exact) mass is 311 g/mol. The van der Waals surface area contributed by atoms with Gasteiger partial charge in [0.25, 0.3) is 15.0 Å². The van der Waals surface area contributed by atoms with Gasteiger partial charge in [-0.15, -0.1) is 0 Å². The molecule has 1 unspecified atom stereocenters. The molecule has 2 N–H and O–H groups in total. The fourth-order valence-corrected chi connectivity index (χ4v) is 2.29. The molecule has 0 spiro atoms. The van der Waals surface area contributed by atoms with Crippen LogP contribution in [0.5, 0.6) is 5.75 Å². The van der Waals surface area contributed by atoms with Gasteiger partial charge in [-0.2, -0.15) is 0 Å². The molecule has 0 bridgehead atoms. The summed E-state index contributed by atoms with van der Waals surface area (Å²) in [5, 5.41) is 0.0384. The van der Waals surface area contributed by atoms with E-state index in [4.69, 9.17) is 32.8 Å². The molecule has 0 aliphatic rings. The largest absolute Gasteiger partial charge is 0.479 e. The number of carbonyl (C=O) groups is 1. The van der Waals surface area contributed by atoms with E-state index in [1.165, 1.54) is 12.1 Å². The van der Waals surface area contributed by atoms with E-state index >= 15 is 0 Å². The van der Waals surface area contributed by atoms with Crippen LogP contribution in [-0.4, -0.2) is 20.4 Å². The predicted octanol–water partition coefficient (Wildman–Crippen LogP) is 1.91. The molecule has 1 amide bonds. The molecule has 0 saturated carbocycles. The number of rotatable bonds is 5. The Labute approximate surface area is 114 Å². The van der Waals surface area contributed by atoms with Crippen LogP contribution in [0.1, 0.15) is 13.3 Å². The molecule has 0 aliphatic heterocycles. The Kier molecular flexibility index (Phi) is 4.84. The zero-order valence-electron chi connectivity index (χ0n) is 9.39. The Morgan fingerprint density at radius 3 is 2.50 bits per heavy atom.